The minimum absolute atomic E-state index is 0.189. The van der Waals surface area contributed by atoms with Crippen LogP contribution in [0.1, 0.15) is 38.8 Å². The highest BCUT2D eigenvalue weighted by atomic mass is 16.5. The molecule has 0 spiro atoms. The molecule has 2 aromatic rings. The summed E-state index contributed by atoms with van der Waals surface area (Å²) in [6.45, 7) is 7.43. The zero-order valence-corrected chi connectivity index (χ0v) is 12.9. The third-order valence-electron chi connectivity index (χ3n) is 4.32. The van der Waals surface area contributed by atoms with Gasteiger partial charge in [0, 0.05) is 7.11 Å². The number of ether oxygens (including phenoxy) is 1. The molecule has 0 saturated heterocycles. The maximum Gasteiger partial charge on any atom is 0.0842 e. The van der Waals surface area contributed by atoms with Gasteiger partial charge in [0.1, 0.15) is 0 Å². The van der Waals surface area contributed by atoms with E-state index in [9.17, 15) is 0 Å². The molecule has 0 aliphatic carbocycles. The Labute approximate surface area is 122 Å². The van der Waals surface area contributed by atoms with Crippen molar-refractivity contribution in [3.63, 3.8) is 0 Å². The number of likely N-dealkylation sites (N-methyl/N-ethyl adjacent to an activating group) is 1. The van der Waals surface area contributed by atoms with Gasteiger partial charge < -0.3 is 10.1 Å². The Morgan fingerprint density at radius 1 is 1.10 bits per heavy atom. The summed E-state index contributed by atoms with van der Waals surface area (Å²) in [5.41, 5.74) is 1.11. The normalized spacial score (nSPS) is 16.0. The lowest BCUT2D eigenvalue weighted by atomic mass is 9.85. The van der Waals surface area contributed by atoms with E-state index in [1.165, 1.54) is 16.3 Å². The Balaban J connectivity index is 2.57. The van der Waals surface area contributed by atoms with E-state index in [1.54, 1.807) is 7.11 Å². The van der Waals surface area contributed by atoms with Crippen molar-refractivity contribution >= 4 is 10.8 Å². The molecule has 20 heavy (non-hydrogen) atoms. The Kier molecular flexibility index (Phi) is 4.79. The van der Waals surface area contributed by atoms with Crippen molar-refractivity contribution in [2.75, 3.05) is 13.7 Å². The lowest BCUT2D eigenvalue weighted by molar-refractivity contribution is -0.0292. The Hall–Kier alpha value is -1.38. The van der Waals surface area contributed by atoms with Crippen LogP contribution in [0.15, 0.2) is 42.5 Å². The van der Waals surface area contributed by atoms with Crippen molar-refractivity contribution in [1.29, 1.82) is 0 Å². The van der Waals surface area contributed by atoms with Crippen LogP contribution in [-0.4, -0.2) is 19.3 Å². The number of hydrogen-bond acceptors (Lipinski definition) is 2. The fourth-order valence-corrected chi connectivity index (χ4v) is 2.83. The highest BCUT2D eigenvalue weighted by molar-refractivity contribution is 5.86. The second kappa shape index (κ2) is 6.38. The average molecular weight is 271 g/mol. The topological polar surface area (TPSA) is 21.3 Å². The summed E-state index contributed by atoms with van der Waals surface area (Å²) in [7, 11) is 1.80. The van der Waals surface area contributed by atoms with Gasteiger partial charge in [-0.05, 0) is 36.2 Å². The quantitative estimate of drug-likeness (QED) is 0.845. The summed E-state index contributed by atoms with van der Waals surface area (Å²) < 4.78 is 5.84. The maximum atomic E-state index is 5.84. The lowest BCUT2D eigenvalue weighted by Crippen LogP contribution is -2.42. The first-order valence-electron chi connectivity index (χ1n) is 7.42. The second-order valence-corrected chi connectivity index (χ2v) is 5.43. The molecule has 2 rings (SSSR count). The van der Waals surface area contributed by atoms with Crippen molar-refractivity contribution in [2.45, 2.75) is 38.8 Å². The third kappa shape index (κ3) is 2.72. The predicted molar refractivity (Wildman–Crippen MR) is 86.1 cm³/mol. The van der Waals surface area contributed by atoms with Gasteiger partial charge in [0.05, 0.1) is 11.6 Å². The van der Waals surface area contributed by atoms with Crippen molar-refractivity contribution in [1.82, 2.24) is 5.32 Å². The first-order valence-corrected chi connectivity index (χ1v) is 7.42. The van der Waals surface area contributed by atoms with Gasteiger partial charge in [-0.2, -0.15) is 0 Å². The number of methoxy groups -OCH3 is 1. The van der Waals surface area contributed by atoms with E-state index in [1.807, 2.05) is 0 Å². The van der Waals surface area contributed by atoms with Crippen LogP contribution in [0.4, 0.5) is 0 Å². The Morgan fingerprint density at radius 2 is 1.80 bits per heavy atom. The van der Waals surface area contributed by atoms with E-state index >= 15 is 0 Å². The van der Waals surface area contributed by atoms with Crippen molar-refractivity contribution < 1.29 is 4.74 Å². The van der Waals surface area contributed by atoms with E-state index in [0.717, 1.165) is 13.0 Å². The number of nitrogens with one attached hydrogen (secondary N) is 1. The van der Waals surface area contributed by atoms with Gasteiger partial charge in [0.25, 0.3) is 0 Å². The molecule has 0 fully saturated rings. The highest BCUT2D eigenvalue weighted by Crippen LogP contribution is 2.35. The molecule has 0 aliphatic heterocycles. The van der Waals surface area contributed by atoms with Gasteiger partial charge in [0.15, 0.2) is 0 Å². The Bertz CT molecular complexity index is 555. The van der Waals surface area contributed by atoms with Gasteiger partial charge in [-0.3, -0.25) is 0 Å². The molecule has 108 valence electrons. The van der Waals surface area contributed by atoms with E-state index in [0.29, 0.717) is 0 Å². The molecule has 0 bridgehead atoms. The smallest absolute Gasteiger partial charge is 0.0842 e. The summed E-state index contributed by atoms with van der Waals surface area (Å²) >= 11 is 0. The zero-order valence-electron chi connectivity index (χ0n) is 12.9. The number of hydrogen-bond donors (Lipinski definition) is 1. The SMILES string of the molecule is CCNC(c1cccc2ccccc12)C(C)(CC)OC. The van der Waals surface area contributed by atoms with E-state index in [2.05, 4.69) is 68.6 Å². The van der Waals surface area contributed by atoms with Crippen molar-refractivity contribution in [3.8, 4) is 0 Å². The highest BCUT2D eigenvalue weighted by Gasteiger charge is 2.34. The van der Waals surface area contributed by atoms with Gasteiger partial charge in [0.2, 0.25) is 0 Å². The summed E-state index contributed by atoms with van der Waals surface area (Å²) in [6.07, 6.45) is 0.963. The fraction of sp³-hybridized carbons (Fsp3) is 0.444. The van der Waals surface area contributed by atoms with E-state index in [4.69, 9.17) is 4.74 Å². The molecule has 0 saturated carbocycles. The summed E-state index contributed by atoms with van der Waals surface area (Å²) in [5, 5.41) is 6.19. The van der Waals surface area contributed by atoms with Crippen molar-refractivity contribution in [3.05, 3.63) is 48.0 Å². The minimum Gasteiger partial charge on any atom is -0.377 e. The monoisotopic (exact) mass is 271 g/mol. The number of benzene rings is 2. The van der Waals surface area contributed by atoms with Gasteiger partial charge in [-0.25, -0.2) is 0 Å². The molecule has 2 aromatic carbocycles. The average Bonchev–Trinajstić information content (AvgIpc) is 2.51. The third-order valence-corrected chi connectivity index (χ3v) is 4.32. The minimum atomic E-state index is -0.208. The lowest BCUT2D eigenvalue weighted by Gasteiger charge is -2.37. The first-order chi connectivity index (χ1) is 9.66. The van der Waals surface area contributed by atoms with Crippen LogP contribution in [0.5, 0.6) is 0 Å². The van der Waals surface area contributed by atoms with Gasteiger partial charge in [-0.15, -0.1) is 0 Å². The molecule has 0 amide bonds. The number of fused-ring (bicyclic) bond motifs is 1. The van der Waals surface area contributed by atoms with Gasteiger partial charge in [-0.1, -0.05) is 56.3 Å². The summed E-state index contributed by atoms with van der Waals surface area (Å²) in [5.74, 6) is 0. The second-order valence-electron chi connectivity index (χ2n) is 5.43. The molecule has 0 radical (unpaired) electrons. The van der Waals surface area contributed by atoms with Crippen LogP contribution < -0.4 is 5.32 Å². The van der Waals surface area contributed by atoms with E-state index in [-0.39, 0.29) is 11.6 Å². The standard InChI is InChI=1S/C18H25NO/c1-5-18(3,20-4)17(19-6-2)16-13-9-11-14-10-7-8-12-15(14)16/h7-13,17,19H,5-6H2,1-4H3. The largest absolute Gasteiger partial charge is 0.377 e. The van der Waals surface area contributed by atoms with Crippen LogP contribution in [0.2, 0.25) is 0 Å². The molecule has 2 atom stereocenters. The molecule has 2 nitrogen and oxygen atoms in total. The van der Waals surface area contributed by atoms with E-state index < -0.39 is 0 Å². The van der Waals surface area contributed by atoms with Crippen LogP contribution in [0, 0.1) is 0 Å². The molecule has 0 aromatic heterocycles. The predicted octanol–water partition coefficient (Wildman–Crippen LogP) is 4.31. The number of rotatable bonds is 6. The zero-order chi connectivity index (χ0) is 14.6. The van der Waals surface area contributed by atoms with Crippen molar-refractivity contribution in [2.24, 2.45) is 0 Å². The molecule has 2 unspecified atom stereocenters. The molecule has 0 aliphatic rings. The maximum absolute atomic E-state index is 5.84. The summed E-state index contributed by atoms with van der Waals surface area (Å²) in [4.78, 5) is 0. The molecule has 0 heterocycles. The molecular formula is C18H25NO. The van der Waals surface area contributed by atoms with Crippen LogP contribution >= 0.6 is 0 Å². The Morgan fingerprint density at radius 3 is 2.45 bits per heavy atom. The fourth-order valence-electron chi connectivity index (χ4n) is 2.83. The van der Waals surface area contributed by atoms with Crippen LogP contribution in [0.3, 0.4) is 0 Å². The van der Waals surface area contributed by atoms with Crippen LogP contribution in [-0.2, 0) is 4.74 Å². The molecular weight excluding hydrogens is 246 g/mol. The van der Waals surface area contributed by atoms with Crippen LogP contribution in [0.25, 0.3) is 10.8 Å². The molecule has 1 N–H and O–H groups in total. The summed E-state index contributed by atoms with van der Waals surface area (Å²) in [6, 6.07) is 15.2. The molecule has 2 heteroatoms. The first kappa shape index (κ1) is 15.0. The van der Waals surface area contributed by atoms with Gasteiger partial charge >= 0.3 is 0 Å².